The Bertz CT molecular complexity index is 879. The fraction of sp³-hybridized carbons (Fsp3) is 0.0769. The van der Waals surface area contributed by atoms with E-state index in [4.69, 9.17) is 16.1 Å². The van der Waals surface area contributed by atoms with E-state index in [2.05, 4.69) is 14.9 Å². The van der Waals surface area contributed by atoms with Crippen LogP contribution in [0.1, 0.15) is 5.76 Å². The van der Waals surface area contributed by atoms with Crippen LogP contribution in [0.3, 0.4) is 0 Å². The Labute approximate surface area is 125 Å². The summed E-state index contributed by atoms with van der Waals surface area (Å²) in [6, 6.07) is 9.57. The van der Waals surface area contributed by atoms with Crippen LogP contribution in [0.5, 0.6) is 0 Å². The minimum atomic E-state index is -3.64. The summed E-state index contributed by atoms with van der Waals surface area (Å²) in [4.78, 5) is 4.26. The third kappa shape index (κ3) is 3.05. The molecule has 0 bridgehead atoms. The van der Waals surface area contributed by atoms with Crippen molar-refractivity contribution in [2.45, 2.75) is 11.4 Å². The first kappa shape index (κ1) is 14.0. The zero-order valence-corrected chi connectivity index (χ0v) is 12.2. The highest BCUT2D eigenvalue weighted by atomic mass is 35.5. The van der Waals surface area contributed by atoms with Crippen LogP contribution < -0.4 is 4.72 Å². The Balaban J connectivity index is 1.89. The van der Waals surface area contributed by atoms with E-state index in [1.165, 1.54) is 12.3 Å². The number of pyridine rings is 1. The quantitative estimate of drug-likeness (QED) is 0.745. The highest BCUT2D eigenvalue weighted by Gasteiger charge is 2.15. The molecule has 2 heterocycles. The molecule has 0 unspecified atom stereocenters. The Kier molecular flexibility index (Phi) is 3.62. The highest BCUT2D eigenvalue weighted by Crippen LogP contribution is 2.19. The standard InChI is InChI=1S/C13H10ClN3O3S/c14-13-4-1-9-7-11(2-3-12(9)17-13)21(18,19)16-8-10-5-6-15-20-10/h1-7,16H,8H2. The summed E-state index contributed by atoms with van der Waals surface area (Å²) < 4.78 is 31.7. The minimum absolute atomic E-state index is 0.0409. The summed E-state index contributed by atoms with van der Waals surface area (Å²) >= 11 is 5.80. The molecular formula is C13H10ClN3O3S. The molecule has 1 N–H and O–H groups in total. The monoisotopic (exact) mass is 323 g/mol. The predicted molar refractivity (Wildman–Crippen MR) is 77.3 cm³/mol. The van der Waals surface area contributed by atoms with Gasteiger partial charge in [0.25, 0.3) is 0 Å². The SMILES string of the molecule is O=S(=O)(NCc1ccno1)c1ccc2nc(Cl)ccc2c1. The molecule has 0 aliphatic carbocycles. The maximum Gasteiger partial charge on any atom is 0.241 e. The first-order chi connectivity index (χ1) is 10.0. The highest BCUT2D eigenvalue weighted by molar-refractivity contribution is 7.89. The second-order valence-corrected chi connectivity index (χ2v) is 6.45. The van der Waals surface area contributed by atoms with E-state index < -0.39 is 10.0 Å². The minimum Gasteiger partial charge on any atom is -0.360 e. The topological polar surface area (TPSA) is 85.1 Å². The average Bonchev–Trinajstić information content (AvgIpc) is 2.98. The fourth-order valence-corrected chi connectivity index (χ4v) is 3.01. The maximum absolute atomic E-state index is 12.2. The van der Waals surface area contributed by atoms with Crippen molar-refractivity contribution >= 4 is 32.5 Å². The van der Waals surface area contributed by atoms with Crippen LogP contribution in [-0.4, -0.2) is 18.6 Å². The van der Waals surface area contributed by atoms with E-state index >= 15 is 0 Å². The van der Waals surface area contributed by atoms with E-state index in [0.29, 0.717) is 21.8 Å². The third-order valence-electron chi connectivity index (χ3n) is 2.86. The van der Waals surface area contributed by atoms with Gasteiger partial charge in [0, 0.05) is 11.5 Å². The molecule has 8 heteroatoms. The molecule has 6 nitrogen and oxygen atoms in total. The molecule has 2 aromatic heterocycles. The maximum atomic E-state index is 12.2. The molecule has 0 atom stereocenters. The summed E-state index contributed by atoms with van der Waals surface area (Å²) in [6.07, 6.45) is 1.45. The molecule has 1 aromatic carbocycles. The van der Waals surface area contributed by atoms with Gasteiger partial charge in [0.15, 0.2) is 5.76 Å². The van der Waals surface area contributed by atoms with Crippen LogP contribution in [0.4, 0.5) is 0 Å². The molecule has 0 saturated carbocycles. The van der Waals surface area contributed by atoms with Gasteiger partial charge in [-0.3, -0.25) is 0 Å². The van der Waals surface area contributed by atoms with Crippen LogP contribution in [0.15, 0.2) is 52.0 Å². The van der Waals surface area contributed by atoms with Crippen molar-refractivity contribution in [1.29, 1.82) is 0 Å². The molecule has 21 heavy (non-hydrogen) atoms. The molecule has 0 saturated heterocycles. The van der Waals surface area contributed by atoms with E-state index in [9.17, 15) is 8.42 Å². The van der Waals surface area contributed by atoms with E-state index in [0.717, 1.165) is 0 Å². The molecular weight excluding hydrogens is 314 g/mol. The number of nitrogens with zero attached hydrogens (tertiary/aromatic N) is 2. The van der Waals surface area contributed by atoms with Gasteiger partial charge >= 0.3 is 0 Å². The van der Waals surface area contributed by atoms with Gasteiger partial charge in [-0.15, -0.1) is 0 Å². The molecule has 0 aliphatic rings. The number of aromatic nitrogens is 2. The largest absolute Gasteiger partial charge is 0.360 e. The molecule has 0 aliphatic heterocycles. The first-order valence-electron chi connectivity index (χ1n) is 6.00. The second kappa shape index (κ2) is 5.44. The molecule has 3 rings (SSSR count). The fourth-order valence-electron chi connectivity index (χ4n) is 1.83. The van der Waals surface area contributed by atoms with Crippen LogP contribution in [-0.2, 0) is 16.6 Å². The van der Waals surface area contributed by atoms with Crippen molar-refractivity contribution in [3.63, 3.8) is 0 Å². The smallest absolute Gasteiger partial charge is 0.241 e. The summed E-state index contributed by atoms with van der Waals surface area (Å²) in [7, 11) is -3.64. The van der Waals surface area contributed by atoms with Gasteiger partial charge in [-0.05, 0) is 30.3 Å². The summed E-state index contributed by atoms with van der Waals surface area (Å²) in [5.41, 5.74) is 0.636. The van der Waals surface area contributed by atoms with Gasteiger partial charge < -0.3 is 4.52 Å². The Hall–Kier alpha value is -1.96. The van der Waals surface area contributed by atoms with E-state index in [1.54, 1.807) is 30.3 Å². The van der Waals surface area contributed by atoms with Crippen LogP contribution in [0.25, 0.3) is 10.9 Å². The van der Waals surface area contributed by atoms with Crippen molar-refractivity contribution in [2.24, 2.45) is 0 Å². The van der Waals surface area contributed by atoms with Crippen LogP contribution >= 0.6 is 11.6 Å². The number of benzene rings is 1. The van der Waals surface area contributed by atoms with Gasteiger partial charge in [-0.1, -0.05) is 16.8 Å². The molecule has 108 valence electrons. The van der Waals surface area contributed by atoms with Gasteiger partial charge in [-0.2, -0.15) is 0 Å². The number of hydrogen-bond acceptors (Lipinski definition) is 5. The van der Waals surface area contributed by atoms with Gasteiger partial charge in [-0.25, -0.2) is 18.1 Å². The Morgan fingerprint density at radius 2 is 2.05 bits per heavy atom. The van der Waals surface area contributed by atoms with Crippen LogP contribution in [0.2, 0.25) is 5.15 Å². The van der Waals surface area contributed by atoms with Crippen molar-refractivity contribution in [3.8, 4) is 0 Å². The lowest BCUT2D eigenvalue weighted by atomic mass is 10.2. The van der Waals surface area contributed by atoms with E-state index in [-0.39, 0.29) is 11.4 Å². The summed E-state index contributed by atoms with van der Waals surface area (Å²) in [5, 5.41) is 4.57. The average molecular weight is 324 g/mol. The predicted octanol–water partition coefficient (Wildman–Crippen LogP) is 2.35. The molecule has 3 aromatic rings. The lowest BCUT2D eigenvalue weighted by Gasteiger charge is -2.06. The van der Waals surface area contributed by atoms with Gasteiger partial charge in [0.05, 0.1) is 23.2 Å². The third-order valence-corrected chi connectivity index (χ3v) is 4.47. The van der Waals surface area contributed by atoms with Gasteiger partial charge in [0.1, 0.15) is 5.15 Å². The lowest BCUT2D eigenvalue weighted by Crippen LogP contribution is -2.23. The Morgan fingerprint density at radius 1 is 1.19 bits per heavy atom. The van der Waals surface area contributed by atoms with Crippen molar-refractivity contribution in [3.05, 3.63) is 53.5 Å². The lowest BCUT2D eigenvalue weighted by molar-refractivity contribution is 0.380. The van der Waals surface area contributed by atoms with Gasteiger partial charge in [0.2, 0.25) is 10.0 Å². The first-order valence-corrected chi connectivity index (χ1v) is 7.86. The van der Waals surface area contributed by atoms with Crippen molar-refractivity contribution in [1.82, 2.24) is 14.9 Å². The van der Waals surface area contributed by atoms with Crippen molar-refractivity contribution < 1.29 is 12.9 Å². The molecule has 0 amide bonds. The Morgan fingerprint density at radius 3 is 2.81 bits per heavy atom. The summed E-state index contributed by atoms with van der Waals surface area (Å²) in [6.45, 7) is 0.0409. The number of rotatable bonds is 4. The number of sulfonamides is 1. The molecule has 0 fully saturated rings. The van der Waals surface area contributed by atoms with Crippen LogP contribution in [0, 0.1) is 0 Å². The number of fused-ring (bicyclic) bond motifs is 1. The molecule has 0 spiro atoms. The number of halogens is 1. The number of hydrogen-bond donors (Lipinski definition) is 1. The van der Waals surface area contributed by atoms with E-state index in [1.807, 2.05) is 0 Å². The molecule has 0 radical (unpaired) electrons. The zero-order chi connectivity index (χ0) is 14.9. The normalized spacial score (nSPS) is 11.9. The summed E-state index contributed by atoms with van der Waals surface area (Å²) in [5.74, 6) is 0.438. The van der Waals surface area contributed by atoms with Crippen molar-refractivity contribution in [2.75, 3.05) is 0 Å². The second-order valence-electron chi connectivity index (χ2n) is 4.29. The number of nitrogens with one attached hydrogen (secondary N) is 1. The zero-order valence-electron chi connectivity index (χ0n) is 10.7.